The van der Waals surface area contributed by atoms with Crippen LogP contribution in [0.3, 0.4) is 0 Å². The van der Waals surface area contributed by atoms with Gasteiger partial charge in [-0.25, -0.2) is 0 Å². The maximum Gasteiger partial charge on any atom is 0.247 e. The fraction of sp³-hybridized carbons (Fsp3) is 0.231. The first-order valence-electron chi connectivity index (χ1n) is 10.3. The summed E-state index contributed by atoms with van der Waals surface area (Å²) in [5.74, 6) is 1.27. The zero-order valence-corrected chi connectivity index (χ0v) is 18.2. The quantitative estimate of drug-likeness (QED) is 0.466. The molecule has 1 aromatic heterocycles. The number of methoxy groups -OCH3 is 2. The molecule has 5 heteroatoms. The molecule has 0 bridgehead atoms. The highest BCUT2D eigenvalue weighted by atomic mass is 16.5. The molecule has 0 aliphatic carbocycles. The molecule has 0 fully saturated rings. The van der Waals surface area contributed by atoms with E-state index in [1.54, 1.807) is 44.8 Å². The lowest BCUT2D eigenvalue weighted by Gasteiger charge is -2.22. The number of pyridine rings is 1. The third kappa shape index (κ3) is 6.19. The van der Waals surface area contributed by atoms with E-state index in [1.165, 1.54) is 5.56 Å². The van der Waals surface area contributed by atoms with Crippen molar-refractivity contribution < 1.29 is 14.3 Å². The Labute approximate surface area is 184 Å². The Morgan fingerprint density at radius 2 is 1.71 bits per heavy atom. The zero-order chi connectivity index (χ0) is 22.1. The van der Waals surface area contributed by atoms with Gasteiger partial charge >= 0.3 is 0 Å². The number of nitrogens with zero attached hydrogens (tertiary/aromatic N) is 2. The van der Waals surface area contributed by atoms with E-state index >= 15 is 0 Å². The van der Waals surface area contributed by atoms with Crippen molar-refractivity contribution in [2.24, 2.45) is 0 Å². The standard InChI is InChI=1S/C26H28N2O3/c1-4-20-7-9-21(10-8-20)18-28(19-22-6-5-15-27-17-22)26(29)14-12-23-11-13-24(30-2)16-25(23)31-3/h5-17H,4,18-19H2,1-3H3/b14-12+. The van der Waals surface area contributed by atoms with Crippen LogP contribution in [0, 0.1) is 0 Å². The zero-order valence-electron chi connectivity index (χ0n) is 18.2. The first-order valence-corrected chi connectivity index (χ1v) is 10.3. The third-order valence-electron chi connectivity index (χ3n) is 5.06. The van der Waals surface area contributed by atoms with Crippen molar-refractivity contribution in [3.05, 3.63) is 95.3 Å². The minimum absolute atomic E-state index is 0.0821. The second-order valence-electron chi connectivity index (χ2n) is 7.17. The summed E-state index contributed by atoms with van der Waals surface area (Å²) in [5.41, 5.74) is 4.16. The topological polar surface area (TPSA) is 51.7 Å². The molecule has 0 aliphatic heterocycles. The molecule has 3 aromatic rings. The van der Waals surface area contributed by atoms with Gasteiger partial charge in [-0.05, 0) is 47.4 Å². The maximum absolute atomic E-state index is 13.1. The van der Waals surface area contributed by atoms with Crippen molar-refractivity contribution >= 4 is 12.0 Å². The van der Waals surface area contributed by atoms with Crippen molar-refractivity contribution in [1.29, 1.82) is 0 Å². The fourth-order valence-electron chi connectivity index (χ4n) is 3.25. The Morgan fingerprint density at radius 3 is 2.35 bits per heavy atom. The third-order valence-corrected chi connectivity index (χ3v) is 5.06. The Morgan fingerprint density at radius 1 is 0.968 bits per heavy atom. The van der Waals surface area contributed by atoms with Gasteiger partial charge in [-0.15, -0.1) is 0 Å². The summed E-state index contributed by atoms with van der Waals surface area (Å²) in [5, 5.41) is 0. The van der Waals surface area contributed by atoms with Gasteiger partial charge in [-0.1, -0.05) is 37.3 Å². The van der Waals surface area contributed by atoms with E-state index in [4.69, 9.17) is 9.47 Å². The van der Waals surface area contributed by atoms with Gasteiger partial charge in [0, 0.05) is 43.2 Å². The summed E-state index contributed by atoms with van der Waals surface area (Å²) in [6, 6.07) is 17.8. The fourth-order valence-corrected chi connectivity index (χ4v) is 3.25. The number of carbonyl (C=O) groups excluding carboxylic acids is 1. The minimum atomic E-state index is -0.0821. The molecule has 0 aliphatic rings. The van der Waals surface area contributed by atoms with Crippen molar-refractivity contribution in [3.63, 3.8) is 0 Å². The summed E-state index contributed by atoms with van der Waals surface area (Å²) in [6.45, 7) is 3.12. The van der Waals surface area contributed by atoms with Gasteiger partial charge in [0.1, 0.15) is 11.5 Å². The minimum Gasteiger partial charge on any atom is -0.497 e. The highest BCUT2D eigenvalue weighted by Crippen LogP contribution is 2.25. The van der Waals surface area contributed by atoms with Gasteiger partial charge in [-0.3, -0.25) is 9.78 Å². The highest BCUT2D eigenvalue weighted by molar-refractivity contribution is 5.92. The molecule has 0 unspecified atom stereocenters. The van der Waals surface area contributed by atoms with Crippen molar-refractivity contribution in [1.82, 2.24) is 9.88 Å². The monoisotopic (exact) mass is 416 g/mol. The molecule has 3 rings (SSSR count). The van der Waals surface area contributed by atoms with E-state index in [0.29, 0.717) is 24.6 Å². The molecular formula is C26H28N2O3. The summed E-state index contributed by atoms with van der Waals surface area (Å²) in [6.07, 6.45) is 7.87. The van der Waals surface area contributed by atoms with Crippen LogP contribution in [-0.4, -0.2) is 30.0 Å². The average molecular weight is 417 g/mol. The highest BCUT2D eigenvalue weighted by Gasteiger charge is 2.13. The van der Waals surface area contributed by atoms with Gasteiger partial charge in [-0.2, -0.15) is 0 Å². The molecule has 2 aromatic carbocycles. The van der Waals surface area contributed by atoms with Gasteiger partial charge in [0.2, 0.25) is 5.91 Å². The smallest absolute Gasteiger partial charge is 0.247 e. The summed E-state index contributed by atoms with van der Waals surface area (Å²) in [7, 11) is 3.21. The Kier molecular flexibility index (Phi) is 7.82. The Hall–Kier alpha value is -3.60. The van der Waals surface area contributed by atoms with Crippen LogP contribution in [0.4, 0.5) is 0 Å². The van der Waals surface area contributed by atoms with E-state index in [0.717, 1.165) is 23.1 Å². The van der Waals surface area contributed by atoms with E-state index in [2.05, 4.69) is 36.2 Å². The number of aromatic nitrogens is 1. The predicted octanol–water partition coefficient (Wildman–Crippen LogP) is 4.90. The molecule has 160 valence electrons. The number of hydrogen-bond acceptors (Lipinski definition) is 4. The lowest BCUT2D eigenvalue weighted by Crippen LogP contribution is -2.28. The molecule has 31 heavy (non-hydrogen) atoms. The first-order chi connectivity index (χ1) is 15.1. The first kappa shape index (κ1) is 22.1. The lowest BCUT2D eigenvalue weighted by atomic mass is 10.1. The van der Waals surface area contributed by atoms with E-state index < -0.39 is 0 Å². The van der Waals surface area contributed by atoms with Crippen LogP contribution in [0.25, 0.3) is 6.08 Å². The molecule has 0 saturated heterocycles. The second-order valence-corrected chi connectivity index (χ2v) is 7.17. The van der Waals surface area contributed by atoms with E-state index in [9.17, 15) is 4.79 Å². The Balaban J connectivity index is 1.81. The number of benzene rings is 2. The van der Waals surface area contributed by atoms with Crippen LogP contribution in [-0.2, 0) is 24.3 Å². The second kappa shape index (κ2) is 11.0. The molecule has 5 nitrogen and oxygen atoms in total. The summed E-state index contributed by atoms with van der Waals surface area (Å²) < 4.78 is 10.7. The molecule has 0 spiro atoms. The number of ether oxygens (including phenoxy) is 2. The SMILES string of the molecule is CCc1ccc(CN(Cc2cccnc2)C(=O)/C=C/c2ccc(OC)cc2OC)cc1. The van der Waals surface area contributed by atoms with Gasteiger partial charge < -0.3 is 14.4 Å². The maximum atomic E-state index is 13.1. The Bertz CT molecular complexity index is 1010. The van der Waals surface area contributed by atoms with Crippen molar-refractivity contribution in [2.45, 2.75) is 26.4 Å². The van der Waals surface area contributed by atoms with Crippen LogP contribution >= 0.6 is 0 Å². The molecule has 1 heterocycles. The van der Waals surface area contributed by atoms with Crippen LogP contribution in [0.1, 0.15) is 29.2 Å². The van der Waals surface area contributed by atoms with Gasteiger partial charge in [0.15, 0.2) is 0 Å². The molecule has 0 N–H and O–H groups in total. The number of hydrogen-bond donors (Lipinski definition) is 0. The predicted molar refractivity (Wildman–Crippen MR) is 123 cm³/mol. The number of rotatable bonds is 9. The van der Waals surface area contributed by atoms with Crippen LogP contribution in [0.2, 0.25) is 0 Å². The molecule has 0 saturated carbocycles. The van der Waals surface area contributed by atoms with E-state index in [1.807, 2.05) is 29.2 Å². The number of amides is 1. The number of carbonyl (C=O) groups is 1. The molecular weight excluding hydrogens is 388 g/mol. The normalized spacial score (nSPS) is 10.8. The largest absolute Gasteiger partial charge is 0.497 e. The molecule has 0 radical (unpaired) electrons. The van der Waals surface area contributed by atoms with Crippen LogP contribution in [0.5, 0.6) is 11.5 Å². The van der Waals surface area contributed by atoms with Gasteiger partial charge in [0.25, 0.3) is 0 Å². The van der Waals surface area contributed by atoms with Crippen LogP contribution < -0.4 is 9.47 Å². The number of aryl methyl sites for hydroxylation is 1. The van der Waals surface area contributed by atoms with Gasteiger partial charge in [0.05, 0.1) is 14.2 Å². The summed E-state index contributed by atoms with van der Waals surface area (Å²) >= 11 is 0. The summed E-state index contributed by atoms with van der Waals surface area (Å²) in [4.78, 5) is 19.1. The molecule has 0 atom stereocenters. The van der Waals surface area contributed by atoms with Crippen molar-refractivity contribution in [3.8, 4) is 11.5 Å². The average Bonchev–Trinajstić information content (AvgIpc) is 2.83. The van der Waals surface area contributed by atoms with Crippen molar-refractivity contribution in [2.75, 3.05) is 14.2 Å². The van der Waals surface area contributed by atoms with E-state index in [-0.39, 0.29) is 5.91 Å². The molecule has 1 amide bonds. The van der Waals surface area contributed by atoms with Crippen LogP contribution in [0.15, 0.2) is 73.1 Å². The lowest BCUT2D eigenvalue weighted by molar-refractivity contribution is -0.127.